The van der Waals surface area contributed by atoms with Crippen LogP contribution < -0.4 is 0 Å². The third-order valence-electron chi connectivity index (χ3n) is 14.4. The van der Waals surface area contributed by atoms with Gasteiger partial charge in [0, 0.05) is 62.9 Å². The van der Waals surface area contributed by atoms with E-state index < -0.39 is 89.7 Å². The fraction of sp³-hybridized carbons (Fsp3) is 0.660. The summed E-state index contributed by atoms with van der Waals surface area (Å²) in [6.45, 7) is 19.6. The topological polar surface area (TPSA) is 194 Å². The molecule has 17 heteroatoms. The number of cyclic esters (lactones) is 1. The van der Waals surface area contributed by atoms with Crippen molar-refractivity contribution in [2.45, 2.75) is 161 Å². The number of ether oxygens (including phenoxy) is 6. The summed E-state index contributed by atoms with van der Waals surface area (Å²) in [6.07, 6.45) is 4.08. The number of pyridine rings is 2. The molecule has 3 aliphatic heterocycles. The standard InChI is InChI=1S/C50H72N6O11/c1-12-22-54(10)37-25-31(4)63-47(42(37)59)66-45-33(6)43(65-40(57)26-35-18-14-15-20-52-35)34(7)46(60)64-39(13-2)50(9)44(32(5)41(58)30(3)27-49(45,8)62-11)56(48(61)67-50)24-17-16-23-55-29-53-36-19-21-51-28-38(36)55/h12,14-15,18-21,28-34,37,39,42-45,47,59H,1,13,16-17,22-27H2,2-11H3/t30-,31-,32+,33+,34-,37+,39-,42-,43+,44-,45-,47+,49-,50-/m1/s1. The lowest BCUT2D eigenvalue weighted by molar-refractivity contribution is -0.302. The third kappa shape index (κ3) is 11.2. The van der Waals surface area contributed by atoms with Crippen molar-refractivity contribution in [1.82, 2.24) is 29.3 Å². The second kappa shape index (κ2) is 22.1. The molecule has 6 rings (SSSR count). The zero-order chi connectivity index (χ0) is 48.8. The third-order valence-corrected chi connectivity index (χ3v) is 14.4. The average Bonchev–Trinajstić information content (AvgIpc) is 3.84. The van der Waals surface area contributed by atoms with E-state index in [1.54, 1.807) is 81.8 Å². The zero-order valence-corrected chi connectivity index (χ0v) is 40.9. The summed E-state index contributed by atoms with van der Waals surface area (Å²) in [5.41, 5.74) is -0.543. The fourth-order valence-electron chi connectivity index (χ4n) is 10.8. The van der Waals surface area contributed by atoms with Gasteiger partial charge in [0.15, 0.2) is 11.9 Å². The SMILES string of the molecule is C=CCN(C)[C@H]1C[C@@H](C)O[C@@H](O[C@@H]2[C@@H](C)[C@H](OC(=O)Cc3ccccn3)[C@@H](C)C(=O)O[C@H](CC)[C@@]3(C)OC(=O)N(CCCCn4cnc5ccncc54)[C@@H]3[C@@H](C)C(=O)[C@H](C)C[C@@]2(C)OC)[C@@H]1O. The molecule has 3 aromatic heterocycles. The van der Waals surface area contributed by atoms with Crippen LogP contribution in [0.4, 0.5) is 4.79 Å². The molecule has 0 aromatic carbocycles. The van der Waals surface area contributed by atoms with Crippen molar-refractivity contribution in [3.05, 3.63) is 67.5 Å². The van der Waals surface area contributed by atoms with Crippen molar-refractivity contribution in [3.63, 3.8) is 0 Å². The highest BCUT2D eigenvalue weighted by Crippen LogP contribution is 2.44. The number of aryl methyl sites for hydroxylation is 1. The molecule has 0 aliphatic carbocycles. The molecule has 3 saturated heterocycles. The number of hydrogen-bond donors (Lipinski definition) is 1. The molecule has 0 spiro atoms. The number of amides is 1. The summed E-state index contributed by atoms with van der Waals surface area (Å²) in [5.74, 6) is -4.91. The van der Waals surface area contributed by atoms with E-state index in [0.717, 1.165) is 11.0 Å². The first-order valence-electron chi connectivity index (χ1n) is 23.8. The zero-order valence-electron chi connectivity index (χ0n) is 40.9. The van der Waals surface area contributed by atoms with Crippen LogP contribution >= 0.6 is 0 Å². The highest BCUT2D eigenvalue weighted by molar-refractivity contribution is 5.85. The Morgan fingerprint density at radius 3 is 2.48 bits per heavy atom. The molecule has 0 unspecified atom stereocenters. The molecule has 1 amide bonds. The lowest BCUT2D eigenvalue weighted by Crippen LogP contribution is -2.61. The normalized spacial score (nSPS) is 34.3. The Kier molecular flexibility index (Phi) is 17.0. The van der Waals surface area contributed by atoms with Gasteiger partial charge in [-0.25, -0.2) is 9.78 Å². The lowest BCUT2D eigenvalue weighted by Gasteiger charge is -2.48. The first kappa shape index (κ1) is 51.6. The Labute approximate surface area is 394 Å². The van der Waals surface area contributed by atoms with Gasteiger partial charge in [-0.05, 0) is 85.0 Å². The van der Waals surface area contributed by atoms with Gasteiger partial charge >= 0.3 is 18.0 Å². The van der Waals surface area contributed by atoms with Crippen LogP contribution in [0.3, 0.4) is 0 Å². The Hall–Kier alpha value is -4.81. The molecule has 1 N–H and O–H groups in total. The van der Waals surface area contributed by atoms with Gasteiger partial charge in [-0.1, -0.05) is 39.8 Å². The monoisotopic (exact) mass is 933 g/mol. The van der Waals surface area contributed by atoms with E-state index in [9.17, 15) is 19.5 Å². The molecule has 3 aromatic rings. The molecule has 3 fully saturated rings. The number of fused-ring (bicyclic) bond motifs is 2. The maximum Gasteiger partial charge on any atom is 0.410 e. The van der Waals surface area contributed by atoms with E-state index >= 15 is 4.79 Å². The molecule has 0 saturated carbocycles. The van der Waals surface area contributed by atoms with Crippen LogP contribution in [0, 0.1) is 23.7 Å². The van der Waals surface area contributed by atoms with Crippen LogP contribution in [-0.4, -0.2) is 146 Å². The Morgan fingerprint density at radius 2 is 1.79 bits per heavy atom. The number of imidazole rings is 1. The number of ketones is 1. The number of methoxy groups -OCH3 is 1. The fourth-order valence-corrected chi connectivity index (χ4v) is 10.8. The number of nitrogens with zero attached hydrogens (tertiary/aromatic N) is 6. The molecule has 6 heterocycles. The van der Waals surface area contributed by atoms with Crippen LogP contribution in [0.1, 0.15) is 93.2 Å². The van der Waals surface area contributed by atoms with Crippen molar-refractivity contribution < 1.29 is 52.7 Å². The van der Waals surface area contributed by atoms with Crippen molar-refractivity contribution in [1.29, 1.82) is 0 Å². The van der Waals surface area contributed by atoms with E-state index in [0.29, 0.717) is 38.0 Å². The summed E-state index contributed by atoms with van der Waals surface area (Å²) in [7, 11) is 3.41. The summed E-state index contributed by atoms with van der Waals surface area (Å²) < 4.78 is 40.7. The van der Waals surface area contributed by atoms with Crippen molar-refractivity contribution in [3.8, 4) is 0 Å². The molecule has 17 nitrogen and oxygen atoms in total. The van der Waals surface area contributed by atoms with E-state index in [1.165, 1.54) is 7.11 Å². The summed E-state index contributed by atoms with van der Waals surface area (Å²) >= 11 is 0. The van der Waals surface area contributed by atoms with Crippen molar-refractivity contribution >= 4 is 34.8 Å². The molecule has 3 aliphatic rings. The molecule has 368 valence electrons. The predicted octanol–water partition coefficient (Wildman–Crippen LogP) is 5.95. The summed E-state index contributed by atoms with van der Waals surface area (Å²) in [5, 5.41) is 11.9. The second-order valence-electron chi connectivity index (χ2n) is 19.3. The smallest absolute Gasteiger partial charge is 0.410 e. The highest BCUT2D eigenvalue weighted by atomic mass is 16.7. The van der Waals surface area contributed by atoms with E-state index in [2.05, 4.69) is 21.5 Å². The lowest BCUT2D eigenvalue weighted by atomic mass is 9.73. The second-order valence-corrected chi connectivity index (χ2v) is 19.3. The van der Waals surface area contributed by atoms with Crippen LogP contribution in [0.15, 0.2) is 61.8 Å². The summed E-state index contributed by atoms with van der Waals surface area (Å²) in [6, 6.07) is 5.89. The molecule has 14 atom stereocenters. The predicted molar refractivity (Wildman–Crippen MR) is 248 cm³/mol. The van der Waals surface area contributed by atoms with Crippen molar-refractivity contribution in [2.24, 2.45) is 23.7 Å². The van der Waals surface area contributed by atoms with Crippen LogP contribution in [-0.2, 0) is 55.8 Å². The van der Waals surface area contributed by atoms with Gasteiger partial charge in [-0.15, -0.1) is 6.58 Å². The largest absolute Gasteiger partial charge is 0.461 e. The van der Waals surface area contributed by atoms with Gasteiger partial charge in [-0.3, -0.25) is 29.3 Å². The van der Waals surface area contributed by atoms with Gasteiger partial charge in [0.1, 0.15) is 24.1 Å². The summed E-state index contributed by atoms with van der Waals surface area (Å²) in [4.78, 5) is 74.5. The van der Waals surface area contributed by atoms with Gasteiger partial charge in [0.25, 0.3) is 0 Å². The van der Waals surface area contributed by atoms with Gasteiger partial charge in [0.05, 0.1) is 65.4 Å². The molecule has 0 radical (unpaired) electrons. The van der Waals surface area contributed by atoms with Crippen molar-refractivity contribution in [2.75, 3.05) is 27.2 Å². The molecular weight excluding hydrogens is 861 g/mol. The van der Waals surface area contributed by atoms with Gasteiger partial charge < -0.3 is 43.0 Å². The molecule has 0 bridgehead atoms. The quantitative estimate of drug-likeness (QED) is 0.0813. The number of aliphatic hydroxyl groups excluding tert-OH is 1. The number of esters is 2. The molecular formula is C50H72N6O11. The number of likely N-dealkylation sites (N-methyl/N-ethyl adjacent to an activating group) is 1. The number of Topliss-reactive ketones (excluding diaryl/α,β-unsaturated/α-hetero) is 1. The number of carbonyl (C=O) groups is 4. The number of aromatic nitrogens is 4. The minimum absolute atomic E-state index is 0.108. The van der Waals surface area contributed by atoms with Gasteiger partial charge in [-0.2, -0.15) is 0 Å². The van der Waals surface area contributed by atoms with Crippen LogP contribution in [0.2, 0.25) is 0 Å². The maximum atomic E-state index is 15.0. The Morgan fingerprint density at radius 1 is 1.04 bits per heavy atom. The minimum Gasteiger partial charge on any atom is -0.461 e. The van der Waals surface area contributed by atoms with Gasteiger partial charge in [0.2, 0.25) is 0 Å². The maximum absolute atomic E-state index is 15.0. The Balaban J connectivity index is 1.37. The van der Waals surface area contributed by atoms with E-state index in [4.69, 9.17) is 28.4 Å². The number of carbonyl (C=O) groups excluding carboxylic acids is 4. The van der Waals surface area contributed by atoms with Crippen LogP contribution in [0.25, 0.3) is 11.0 Å². The first-order valence-corrected chi connectivity index (χ1v) is 23.8. The molecule has 67 heavy (non-hydrogen) atoms. The Bertz CT molecular complexity index is 2180. The number of rotatable bonds is 15. The van der Waals surface area contributed by atoms with Crippen LogP contribution in [0.5, 0.6) is 0 Å². The number of hydrogen-bond acceptors (Lipinski definition) is 15. The highest BCUT2D eigenvalue weighted by Gasteiger charge is 2.60. The minimum atomic E-state index is -1.44. The average molecular weight is 933 g/mol. The van der Waals surface area contributed by atoms with E-state index in [1.807, 2.05) is 50.3 Å². The number of aliphatic hydroxyl groups is 1. The number of unbranched alkanes of at least 4 members (excludes halogenated alkanes) is 1. The first-order chi connectivity index (χ1) is 31.9. The van der Waals surface area contributed by atoms with E-state index in [-0.39, 0.29) is 43.7 Å².